The molecule has 8 heteroatoms. The van der Waals surface area contributed by atoms with Gasteiger partial charge in [-0.25, -0.2) is 9.78 Å². The van der Waals surface area contributed by atoms with Crippen LogP contribution in [-0.4, -0.2) is 28.9 Å². The summed E-state index contributed by atoms with van der Waals surface area (Å²) in [5.41, 5.74) is 2.17. The predicted octanol–water partition coefficient (Wildman–Crippen LogP) is 6.57. The summed E-state index contributed by atoms with van der Waals surface area (Å²) in [7, 11) is 1.57. The maximum absolute atomic E-state index is 13.0. The van der Waals surface area contributed by atoms with Crippen molar-refractivity contribution in [1.29, 1.82) is 0 Å². The molecule has 4 rings (SSSR count). The highest BCUT2D eigenvalue weighted by molar-refractivity contribution is 6.08. The first kappa shape index (κ1) is 24.7. The van der Waals surface area contributed by atoms with Gasteiger partial charge in [-0.05, 0) is 35.2 Å². The Morgan fingerprint density at radius 1 is 0.861 bits per heavy atom. The smallest absolute Gasteiger partial charge is 0.323 e. The van der Waals surface area contributed by atoms with Crippen LogP contribution in [0.25, 0.3) is 10.8 Å². The maximum atomic E-state index is 13.0. The molecule has 4 aromatic rings. The highest BCUT2D eigenvalue weighted by Gasteiger charge is 2.18. The second-order valence-electron chi connectivity index (χ2n) is 9.28. The first-order chi connectivity index (χ1) is 17.2. The molecule has 0 fully saturated rings. The number of benzene rings is 3. The van der Waals surface area contributed by atoms with Crippen LogP contribution in [0.3, 0.4) is 0 Å². The molecule has 0 spiro atoms. The number of carbonyl (C=O) groups is 2. The van der Waals surface area contributed by atoms with E-state index in [2.05, 4.69) is 41.4 Å². The second kappa shape index (κ2) is 10.0. The molecule has 8 nitrogen and oxygen atoms in total. The molecular formula is C28H28N4O4. The molecule has 1 aromatic heterocycles. The zero-order chi connectivity index (χ0) is 25.9. The molecule has 3 aromatic carbocycles. The number of methoxy groups -OCH3 is 1. The third-order valence-corrected chi connectivity index (χ3v) is 5.61. The van der Waals surface area contributed by atoms with Crippen molar-refractivity contribution in [2.24, 2.45) is 0 Å². The number of ketones is 1. The van der Waals surface area contributed by atoms with Gasteiger partial charge in [0.15, 0.2) is 11.6 Å². The summed E-state index contributed by atoms with van der Waals surface area (Å²) < 4.78 is 11.4. The number of hydrogen-bond acceptors (Lipinski definition) is 6. The van der Waals surface area contributed by atoms with Crippen LogP contribution in [0.4, 0.5) is 16.2 Å². The Morgan fingerprint density at radius 3 is 2.25 bits per heavy atom. The lowest BCUT2D eigenvalue weighted by molar-refractivity contribution is 0.100. The minimum atomic E-state index is -0.403. The zero-order valence-electron chi connectivity index (χ0n) is 20.9. The molecule has 0 radical (unpaired) electrons. The molecule has 0 aliphatic rings. The SMILES string of the molecule is COc1ccc(C(C)(C)C)cc1NC(=O)Nc1ccc(Oc2ccnc(C(C)=O)n2)c2ccccc12. The highest BCUT2D eigenvalue weighted by atomic mass is 16.5. The summed E-state index contributed by atoms with van der Waals surface area (Å²) >= 11 is 0. The number of urea groups is 1. The van der Waals surface area contributed by atoms with Crippen LogP contribution in [-0.2, 0) is 5.41 Å². The van der Waals surface area contributed by atoms with Crippen molar-refractivity contribution < 1.29 is 19.1 Å². The van der Waals surface area contributed by atoms with E-state index in [1.807, 2.05) is 42.5 Å². The fourth-order valence-electron chi connectivity index (χ4n) is 3.70. The van der Waals surface area contributed by atoms with Crippen molar-refractivity contribution >= 4 is 34.0 Å². The van der Waals surface area contributed by atoms with Crippen LogP contribution in [0.2, 0.25) is 0 Å². The number of nitrogens with zero attached hydrogens (tertiary/aromatic N) is 2. The van der Waals surface area contributed by atoms with Crippen molar-refractivity contribution in [3.8, 4) is 17.4 Å². The lowest BCUT2D eigenvalue weighted by atomic mass is 9.87. The predicted molar refractivity (Wildman–Crippen MR) is 140 cm³/mol. The van der Waals surface area contributed by atoms with E-state index in [0.29, 0.717) is 22.9 Å². The number of aromatic nitrogens is 2. The van der Waals surface area contributed by atoms with Crippen molar-refractivity contribution in [1.82, 2.24) is 9.97 Å². The average molecular weight is 485 g/mol. The van der Waals surface area contributed by atoms with Gasteiger partial charge in [0.25, 0.3) is 0 Å². The normalized spacial score (nSPS) is 11.1. The molecule has 36 heavy (non-hydrogen) atoms. The molecule has 184 valence electrons. The number of ether oxygens (including phenoxy) is 2. The summed E-state index contributed by atoms with van der Waals surface area (Å²) in [6, 6.07) is 18.0. The van der Waals surface area contributed by atoms with Gasteiger partial charge >= 0.3 is 6.03 Å². The highest BCUT2D eigenvalue weighted by Crippen LogP contribution is 2.35. The van der Waals surface area contributed by atoms with E-state index in [1.54, 1.807) is 25.3 Å². The number of nitrogens with one attached hydrogen (secondary N) is 2. The molecular weight excluding hydrogens is 456 g/mol. The molecule has 2 amide bonds. The third-order valence-electron chi connectivity index (χ3n) is 5.61. The van der Waals surface area contributed by atoms with E-state index in [1.165, 1.54) is 13.1 Å². The Hall–Kier alpha value is -4.46. The van der Waals surface area contributed by atoms with E-state index >= 15 is 0 Å². The minimum absolute atomic E-state index is 0.0812. The van der Waals surface area contributed by atoms with Gasteiger partial charge in [0, 0.05) is 30.0 Å². The Kier molecular flexibility index (Phi) is 6.87. The van der Waals surface area contributed by atoms with Crippen molar-refractivity contribution in [2.45, 2.75) is 33.1 Å². The second-order valence-corrected chi connectivity index (χ2v) is 9.28. The van der Waals surface area contributed by atoms with Gasteiger partial charge in [0.05, 0.1) is 18.5 Å². The van der Waals surface area contributed by atoms with E-state index in [9.17, 15) is 9.59 Å². The molecule has 0 atom stereocenters. The number of carbonyl (C=O) groups excluding carboxylic acids is 2. The first-order valence-electron chi connectivity index (χ1n) is 11.5. The Labute approximate surface area is 209 Å². The van der Waals surface area contributed by atoms with Gasteiger partial charge in [-0.15, -0.1) is 0 Å². The minimum Gasteiger partial charge on any atom is -0.495 e. The van der Waals surface area contributed by atoms with Crippen molar-refractivity contribution in [3.63, 3.8) is 0 Å². The molecule has 1 heterocycles. The van der Waals surface area contributed by atoms with E-state index in [-0.39, 0.29) is 22.9 Å². The van der Waals surface area contributed by atoms with Gasteiger partial charge in [-0.1, -0.05) is 51.1 Å². The number of fused-ring (bicyclic) bond motifs is 1. The summed E-state index contributed by atoms with van der Waals surface area (Å²) in [4.78, 5) is 32.7. The zero-order valence-corrected chi connectivity index (χ0v) is 20.9. The molecule has 0 bridgehead atoms. The Morgan fingerprint density at radius 2 is 1.56 bits per heavy atom. The average Bonchev–Trinajstić information content (AvgIpc) is 2.85. The van der Waals surface area contributed by atoms with Crippen molar-refractivity contribution in [3.05, 3.63) is 78.2 Å². The Balaban J connectivity index is 1.60. The molecule has 0 saturated heterocycles. The van der Waals surface area contributed by atoms with E-state index in [0.717, 1.165) is 16.3 Å². The van der Waals surface area contributed by atoms with Crippen LogP contribution in [0.1, 0.15) is 43.9 Å². The van der Waals surface area contributed by atoms with Crippen LogP contribution in [0.15, 0.2) is 66.9 Å². The summed E-state index contributed by atoms with van der Waals surface area (Å²) in [6.45, 7) is 7.72. The topological polar surface area (TPSA) is 102 Å². The van der Waals surface area contributed by atoms with Crippen LogP contribution in [0.5, 0.6) is 17.4 Å². The quantitative estimate of drug-likeness (QED) is 0.300. The van der Waals surface area contributed by atoms with Gasteiger partial charge in [-0.2, -0.15) is 4.98 Å². The molecule has 0 saturated carbocycles. The lowest BCUT2D eigenvalue weighted by Gasteiger charge is -2.21. The van der Waals surface area contributed by atoms with Gasteiger partial charge in [0.1, 0.15) is 11.5 Å². The summed E-state index contributed by atoms with van der Waals surface area (Å²) in [5.74, 6) is 1.19. The van der Waals surface area contributed by atoms with Gasteiger partial charge in [-0.3, -0.25) is 4.79 Å². The van der Waals surface area contributed by atoms with E-state index < -0.39 is 6.03 Å². The number of anilines is 2. The lowest BCUT2D eigenvalue weighted by Crippen LogP contribution is -2.21. The number of amides is 2. The fraction of sp³-hybridized carbons (Fsp3) is 0.214. The largest absolute Gasteiger partial charge is 0.495 e. The maximum Gasteiger partial charge on any atom is 0.323 e. The van der Waals surface area contributed by atoms with Crippen molar-refractivity contribution in [2.75, 3.05) is 17.7 Å². The first-order valence-corrected chi connectivity index (χ1v) is 11.5. The monoisotopic (exact) mass is 484 g/mol. The molecule has 0 aliphatic heterocycles. The number of Topliss-reactive ketones (excluding diaryl/α,β-unsaturated/α-hetero) is 1. The van der Waals surface area contributed by atoms with Crippen LogP contribution >= 0.6 is 0 Å². The molecule has 0 unspecified atom stereocenters. The van der Waals surface area contributed by atoms with Gasteiger partial charge < -0.3 is 20.1 Å². The third kappa shape index (κ3) is 5.43. The number of rotatable bonds is 6. The standard InChI is InChI=1S/C28H28N4O4/c1-17(33)26-29-15-14-25(32-26)36-23-13-11-21(19-8-6-7-9-20(19)23)30-27(34)31-22-16-18(28(2,3)4)10-12-24(22)35-5/h6-16H,1-5H3,(H2,30,31,34). The summed E-state index contributed by atoms with van der Waals surface area (Å²) in [5, 5.41) is 7.38. The number of hydrogen-bond donors (Lipinski definition) is 2. The van der Waals surface area contributed by atoms with Crippen LogP contribution < -0.4 is 20.1 Å². The molecule has 0 aliphatic carbocycles. The van der Waals surface area contributed by atoms with E-state index in [4.69, 9.17) is 9.47 Å². The van der Waals surface area contributed by atoms with Crippen LogP contribution in [0, 0.1) is 0 Å². The summed E-state index contributed by atoms with van der Waals surface area (Å²) in [6.07, 6.45) is 1.48. The Bertz CT molecular complexity index is 1440. The fourth-order valence-corrected chi connectivity index (χ4v) is 3.70. The molecule has 2 N–H and O–H groups in total. The van der Waals surface area contributed by atoms with Gasteiger partial charge in [0.2, 0.25) is 5.88 Å².